The van der Waals surface area contributed by atoms with Crippen LogP contribution in [0.2, 0.25) is 0 Å². The Morgan fingerprint density at radius 1 is 0.741 bits per heavy atom. The molecular weight excluding hydrogens is 692 g/mol. The van der Waals surface area contributed by atoms with Gasteiger partial charge in [-0.1, -0.05) is 49.9 Å². The zero-order chi connectivity index (χ0) is 38.8. The molecule has 2 aromatic rings. The number of β-amino-alcohol motifs (C(OH)–C–C–N with tert-alkyl or cyclic N) is 1. The minimum absolute atomic E-state index is 0.0683. The van der Waals surface area contributed by atoms with Gasteiger partial charge in [-0.2, -0.15) is 0 Å². The summed E-state index contributed by atoms with van der Waals surface area (Å²) in [7, 11) is 3.34. The molecule has 0 aromatic heterocycles. The Balaban J connectivity index is 0.000000210. The summed E-state index contributed by atoms with van der Waals surface area (Å²) < 4.78 is 27.9. The van der Waals surface area contributed by atoms with Crippen LogP contribution in [0.5, 0.6) is 11.5 Å². The van der Waals surface area contributed by atoms with Gasteiger partial charge in [-0.05, 0) is 86.8 Å². The first-order valence-electron chi connectivity index (χ1n) is 19.5. The van der Waals surface area contributed by atoms with E-state index in [1.54, 1.807) is 14.2 Å². The molecular formula is C42H58N2O10. The van der Waals surface area contributed by atoms with E-state index in [0.29, 0.717) is 19.8 Å². The van der Waals surface area contributed by atoms with E-state index >= 15 is 0 Å². The Morgan fingerprint density at radius 2 is 1.26 bits per heavy atom. The smallest absolute Gasteiger partial charge is 0.303 e. The molecule has 2 saturated carbocycles. The summed E-state index contributed by atoms with van der Waals surface area (Å²) in [5, 5.41) is 9.77. The van der Waals surface area contributed by atoms with Crippen LogP contribution in [-0.4, -0.2) is 109 Å². The molecule has 6 rings (SSSR count). The minimum Gasteiger partial charge on any atom is -0.496 e. The van der Waals surface area contributed by atoms with Gasteiger partial charge in [-0.15, -0.1) is 0 Å². The molecule has 296 valence electrons. The molecule has 2 aliphatic carbocycles. The highest BCUT2D eigenvalue weighted by atomic mass is 16.5. The standard InChI is InChI=1S/C22H29NO6.C20H29NO4/c1-14-12-16(8-9-18(14)27-3)10-11-28-19-7-5-4-6-17(19)23-21(25)13-20(22(23)26)29-15(2)24;1-14-11-15(7-8-18(14)24-2)9-10-25-19-6-4-3-5-17(19)21-13-16(22)12-20(21)23/h8-9,12,17,19-20H,4-7,10-11,13H2,1-3H3;7-8,11,16-17,19,22H,3-6,9-10,12-13H2,1-2H3/t17-,19-,20-;16-,17-,19-/m11/s1. The molecule has 0 bridgehead atoms. The van der Waals surface area contributed by atoms with Crippen molar-refractivity contribution in [2.24, 2.45) is 0 Å². The second kappa shape index (κ2) is 19.5. The summed E-state index contributed by atoms with van der Waals surface area (Å²) in [5.74, 6) is 0.575. The molecule has 2 heterocycles. The van der Waals surface area contributed by atoms with Crippen LogP contribution in [-0.2, 0) is 46.2 Å². The van der Waals surface area contributed by atoms with Gasteiger partial charge in [0, 0.05) is 13.5 Å². The molecule has 6 atom stereocenters. The van der Waals surface area contributed by atoms with E-state index in [0.717, 1.165) is 92.4 Å². The summed E-state index contributed by atoms with van der Waals surface area (Å²) >= 11 is 0. The molecule has 3 amide bonds. The molecule has 12 nitrogen and oxygen atoms in total. The Bertz CT molecular complexity index is 1610. The Kier molecular flexibility index (Phi) is 14.9. The first-order chi connectivity index (χ1) is 26.0. The van der Waals surface area contributed by atoms with E-state index in [-0.39, 0.29) is 48.9 Å². The molecule has 54 heavy (non-hydrogen) atoms. The lowest BCUT2D eigenvalue weighted by Crippen LogP contribution is -2.50. The fourth-order valence-electron chi connectivity index (χ4n) is 8.34. The SMILES string of the molecule is COc1ccc(CCO[C@@H]2CCCC[C@H]2N2C(=O)C[C@@H](OC(C)=O)C2=O)cc1C.COc1ccc(CCO[C@@H]2CCCC[C@H]2N2C[C@H](O)CC2=O)cc1C. The van der Waals surface area contributed by atoms with Crippen molar-refractivity contribution < 1.29 is 48.0 Å². The van der Waals surface area contributed by atoms with Crippen molar-refractivity contribution in [3.63, 3.8) is 0 Å². The van der Waals surface area contributed by atoms with Crippen LogP contribution in [0.3, 0.4) is 0 Å². The largest absolute Gasteiger partial charge is 0.496 e. The van der Waals surface area contributed by atoms with Gasteiger partial charge in [0.1, 0.15) is 11.5 Å². The molecule has 2 saturated heterocycles. The number of amides is 3. The number of hydrogen-bond donors (Lipinski definition) is 1. The molecule has 2 aliphatic heterocycles. The van der Waals surface area contributed by atoms with Gasteiger partial charge in [-0.3, -0.25) is 24.1 Å². The van der Waals surface area contributed by atoms with Crippen molar-refractivity contribution in [3.8, 4) is 11.5 Å². The number of nitrogens with zero attached hydrogens (tertiary/aromatic N) is 2. The maximum absolute atomic E-state index is 12.6. The summed E-state index contributed by atoms with van der Waals surface area (Å²) in [6.07, 6.45) is 7.88. The molecule has 0 spiro atoms. The van der Waals surface area contributed by atoms with Crippen LogP contribution >= 0.6 is 0 Å². The van der Waals surface area contributed by atoms with Crippen molar-refractivity contribution in [1.82, 2.24) is 9.80 Å². The molecule has 0 unspecified atom stereocenters. The summed E-state index contributed by atoms with van der Waals surface area (Å²) in [6, 6.07) is 12.1. The Labute approximate surface area is 319 Å². The topological polar surface area (TPSA) is 141 Å². The number of aliphatic hydroxyl groups excluding tert-OH is 1. The number of aliphatic hydroxyl groups is 1. The van der Waals surface area contributed by atoms with Gasteiger partial charge in [0.25, 0.3) is 5.91 Å². The average molecular weight is 751 g/mol. The number of hydrogen-bond acceptors (Lipinski definition) is 10. The fourth-order valence-corrected chi connectivity index (χ4v) is 8.34. The third kappa shape index (κ3) is 10.6. The number of carbonyl (C=O) groups excluding carboxylic acids is 4. The fraction of sp³-hybridized carbons (Fsp3) is 0.619. The van der Waals surface area contributed by atoms with Crippen molar-refractivity contribution in [1.29, 1.82) is 0 Å². The molecule has 0 radical (unpaired) electrons. The minimum atomic E-state index is -0.996. The van der Waals surface area contributed by atoms with Crippen LogP contribution in [0.25, 0.3) is 0 Å². The lowest BCUT2D eigenvalue weighted by molar-refractivity contribution is -0.158. The van der Waals surface area contributed by atoms with E-state index in [4.69, 9.17) is 23.7 Å². The van der Waals surface area contributed by atoms with Gasteiger partial charge in [-0.25, -0.2) is 0 Å². The van der Waals surface area contributed by atoms with Crippen LogP contribution in [0, 0.1) is 13.8 Å². The van der Waals surface area contributed by atoms with Gasteiger partial charge in [0.2, 0.25) is 11.8 Å². The second-order valence-electron chi connectivity index (χ2n) is 14.9. The van der Waals surface area contributed by atoms with Crippen molar-refractivity contribution >= 4 is 23.7 Å². The van der Waals surface area contributed by atoms with Crippen LogP contribution < -0.4 is 9.47 Å². The second-order valence-corrected chi connectivity index (χ2v) is 14.9. The number of rotatable bonds is 13. The first-order valence-corrected chi connectivity index (χ1v) is 19.5. The van der Waals surface area contributed by atoms with Crippen LogP contribution in [0.15, 0.2) is 36.4 Å². The maximum Gasteiger partial charge on any atom is 0.303 e. The molecule has 1 N–H and O–H groups in total. The van der Waals surface area contributed by atoms with Crippen molar-refractivity contribution in [2.45, 2.75) is 134 Å². The Morgan fingerprint density at radius 3 is 1.74 bits per heavy atom. The van der Waals surface area contributed by atoms with Gasteiger partial charge < -0.3 is 33.7 Å². The van der Waals surface area contributed by atoms with Gasteiger partial charge >= 0.3 is 5.97 Å². The van der Waals surface area contributed by atoms with Gasteiger partial charge in [0.15, 0.2) is 6.10 Å². The third-order valence-electron chi connectivity index (χ3n) is 11.0. The van der Waals surface area contributed by atoms with Gasteiger partial charge in [0.05, 0.1) is 70.7 Å². The predicted octanol–water partition coefficient (Wildman–Crippen LogP) is 5.03. The highest BCUT2D eigenvalue weighted by molar-refractivity contribution is 6.06. The predicted molar refractivity (Wildman–Crippen MR) is 201 cm³/mol. The Hall–Kier alpha value is -4.00. The lowest BCUT2D eigenvalue weighted by Gasteiger charge is -2.37. The number of imide groups is 1. The number of likely N-dealkylation sites (tertiary alicyclic amines) is 2. The monoisotopic (exact) mass is 750 g/mol. The van der Waals surface area contributed by atoms with E-state index in [9.17, 15) is 24.3 Å². The van der Waals surface area contributed by atoms with E-state index in [2.05, 4.69) is 18.2 Å². The number of esters is 1. The molecule has 2 aromatic carbocycles. The number of carbonyl (C=O) groups is 4. The number of benzene rings is 2. The van der Waals surface area contributed by atoms with Crippen molar-refractivity contribution in [3.05, 3.63) is 58.7 Å². The first kappa shape index (κ1) is 41.2. The normalized spacial score (nSPS) is 25.7. The summed E-state index contributed by atoms with van der Waals surface area (Å²) in [6.45, 7) is 6.91. The van der Waals surface area contributed by atoms with E-state index < -0.39 is 24.1 Å². The highest BCUT2D eigenvalue weighted by Crippen LogP contribution is 2.32. The zero-order valence-corrected chi connectivity index (χ0v) is 32.6. The molecule has 12 heteroatoms. The summed E-state index contributed by atoms with van der Waals surface area (Å²) in [4.78, 5) is 51.6. The zero-order valence-electron chi connectivity index (χ0n) is 32.6. The lowest BCUT2D eigenvalue weighted by atomic mass is 9.91. The number of aryl methyl sites for hydroxylation is 2. The van der Waals surface area contributed by atoms with Crippen LogP contribution in [0.1, 0.15) is 93.4 Å². The number of methoxy groups -OCH3 is 2. The number of ether oxygens (including phenoxy) is 5. The average Bonchev–Trinajstić information content (AvgIpc) is 3.63. The quantitative estimate of drug-likeness (QED) is 0.219. The van der Waals surface area contributed by atoms with Crippen molar-refractivity contribution in [2.75, 3.05) is 34.0 Å². The van der Waals surface area contributed by atoms with E-state index in [1.165, 1.54) is 17.4 Å². The molecule has 4 aliphatic rings. The maximum atomic E-state index is 12.6. The van der Waals surface area contributed by atoms with Crippen LogP contribution in [0.4, 0.5) is 0 Å². The highest BCUT2D eigenvalue weighted by Gasteiger charge is 2.47. The molecule has 4 fully saturated rings. The van der Waals surface area contributed by atoms with E-state index in [1.807, 2.05) is 36.9 Å². The third-order valence-corrected chi connectivity index (χ3v) is 11.0. The summed E-state index contributed by atoms with van der Waals surface area (Å²) in [5.41, 5.74) is 4.59.